The van der Waals surface area contributed by atoms with Gasteiger partial charge in [-0.05, 0) is 19.1 Å². The van der Waals surface area contributed by atoms with Gasteiger partial charge in [0.05, 0.1) is 18.9 Å². The molecular formula is C12H17ClN3O2+. The molecule has 2 rings (SSSR count). The lowest BCUT2D eigenvalue weighted by molar-refractivity contribution is -0.921. The van der Waals surface area contributed by atoms with Crippen molar-refractivity contribution in [2.24, 2.45) is 0 Å². The summed E-state index contributed by atoms with van der Waals surface area (Å²) in [6.07, 6.45) is 1.59. The first-order chi connectivity index (χ1) is 8.68. The van der Waals surface area contributed by atoms with Gasteiger partial charge in [0.15, 0.2) is 11.2 Å². The predicted octanol–water partition coefficient (Wildman–Crippen LogP) is -0.0229. The lowest BCUT2D eigenvalue weighted by atomic mass is 10.2. The molecule has 0 unspecified atom stereocenters. The van der Waals surface area contributed by atoms with E-state index in [1.165, 1.54) is 4.90 Å². The quantitative estimate of drug-likeness (QED) is 0.759. The number of carbonyl (C=O) groups excluding carboxylic acids is 1. The molecule has 1 amide bonds. The molecule has 1 aromatic heterocycles. The van der Waals surface area contributed by atoms with Gasteiger partial charge in [-0.25, -0.2) is 4.98 Å². The van der Waals surface area contributed by atoms with Crippen LogP contribution >= 0.6 is 11.6 Å². The minimum atomic E-state index is -0.120. The van der Waals surface area contributed by atoms with Gasteiger partial charge in [-0.3, -0.25) is 4.79 Å². The van der Waals surface area contributed by atoms with E-state index >= 15 is 0 Å². The van der Waals surface area contributed by atoms with Gasteiger partial charge in [0.2, 0.25) is 0 Å². The summed E-state index contributed by atoms with van der Waals surface area (Å²) in [6, 6.07) is 3.37. The number of ether oxygens (including phenoxy) is 1. The van der Waals surface area contributed by atoms with E-state index in [0.717, 1.165) is 13.1 Å². The second-order valence-electron chi connectivity index (χ2n) is 4.32. The number of nitrogens with one attached hydrogen (secondary N) is 2. The highest BCUT2D eigenvalue weighted by Gasteiger charge is 2.27. The summed E-state index contributed by atoms with van der Waals surface area (Å²) in [5.41, 5.74) is 0.559. The number of rotatable bonds is 3. The van der Waals surface area contributed by atoms with Crippen LogP contribution in [0.2, 0.25) is 5.15 Å². The maximum Gasteiger partial charge on any atom is 0.282 e. The monoisotopic (exact) mass is 270 g/mol. The first-order valence-corrected chi connectivity index (χ1v) is 6.40. The Hall–Kier alpha value is -1.17. The number of nitrogens with zero attached hydrogens (tertiary/aromatic N) is 1. The third-order valence-electron chi connectivity index (χ3n) is 3.16. The van der Waals surface area contributed by atoms with Crippen LogP contribution < -0.4 is 10.2 Å². The number of quaternary nitrogens is 1. The van der Waals surface area contributed by atoms with E-state index in [0.29, 0.717) is 24.1 Å². The SMILES string of the molecule is C[C@H](C(=O)Nc1cccnc1Cl)[NH+]1CCOCC1. The molecule has 1 aliphatic heterocycles. The summed E-state index contributed by atoms with van der Waals surface area (Å²) in [5.74, 6) is -0.0400. The Morgan fingerprint density at radius 3 is 2.94 bits per heavy atom. The molecule has 1 atom stereocenters. The number of anilines is 1. The molecule has 5 nitrogen and oxygen atoms in total. The van der Waals surface area contributed by atoms with Crippen molar-refractivity contribution in [2.45, 2.75) is 13.0 Å². The zero-order valence-electron chi connectivity index (χ0n) is 10.3. The summed E-state index contributed by atoms with van der Waals surface area (Å²) in [5, 5.41) is 3.13. The minimum Gasteiger partial charge on any atom is -0.370 e. The Morgan fingerprint density at radius 2 is 2.28 bits per heavy atom. The maximum absolute atomic E-state index is 12.1. The Kier molecular flexibility index (Phi) is 4.52. The van der Waals surface area contributed by atoms with E-state index in [-0.39, 0.29) is 11.9 Å². The van der Waals surface area contributed by atoms with E-state index in [9.17, 15) is 4.79 Å². The standard InChI is InChI=1S/C12H16ClN3O2/c1-9(16-5-7-18-8-6-16)12(17)15-10-3-2-4-14-11(10)13/h2-4,9H,5-8H2,1H3,(H,15,17)/p+1/t9-/m1/s1. The second-order valence-corrected chi connectivity index (χ2v) is 4.68. The number of amides is 1. The van der Waals surface area contributed by atoms with E-state index in [2.05, 4.69) is 10.3 Å². The predicted molar refractivity (Wildman–Crippen MR) is 68.9 cm³/mol. The van der Waals surface area contributed by atoms with Crippen molar-refractivity contribution in [1.82, 2.24) is 4.98 Å². The Labute approximate surface area is 111 Å². The van der Waals surface area contributed by atoms with Crippen molar-refractivity contribution in [3.63, 3.8) is 0 Å². The van der Waals surface area contributed by atoms with Gasteiger partial charge >= 0.3 is 0 Å². The highest BCUT2D eigenvalue weighted by molar-refractivity contribution is 6.32. The third-order valence-corrected chi connectivity index (χ3v) is 3.46. The molecule has 1 aromatic rings. The average Bonchev–Trinajstić information content (AvgIpc) is 2.41. The highest BCUT2D eigenvalue weighted by Crippen LogP contribution is 2.17. The molecular weight excluding hydrogens is 254 g/mol. The summed E-state index contributed by atoms with van der Waals surface area (Å²) >= 11 is 5.91. The van der Waals surface area contributed by atoms with Gasteiger partial charge in [-0.2, -0.15) is 0 Å². The lowest BCUT2D eigenvalue weighted by Crippen LogP contribution is -3.18. The normalized spacial score (nSPS) is 18.3. The van der Waals surface area contributed by atoms with Gasteiger partial charge < -0.3 is 15.0 Å². The molecule has 0 bridgehead atoms. The van der Waals surface area contributed by atoms with E-state index in [1.54, 1.807) is 18.3 Å². The summed E-state index contributed by atoms with van der Waals surface area (Å²) in [6.45, 7) is 5.05. The van der Waals surface area contributed by atoms with E-state index in [1.807, 2.05) is 6.92 Å². The molecule has 0 aliphatic carbocycles. The minimum absolute atomic E-state index is 0.0400. The van der Waals surface area contributed by atoms with Crippen LogP contribution in [0.5, 0.6) is 0 Å². The molecule has 0 spiro atoms. The number of carbonyl (C=O) groups is 1. The first-order valence-electron chi connectivity index (χ1n) is 6.02. The molecule has 1 saturated heterocycles. The largest absolute Gasteiger partial charge is 0.370 e. The van der Waals surface area contributed by atoms with Crippen molar-refractivity contribution >= 4 is 23.2 Å². The molecule has 98 valence electrons. The van der Waals surface area contributed by atoms with Gasteiger partial charge in [0.1, 0.15) is 13.1 Å². The zero-order chi connectivity index (χ0) is 13.0. The lowest BCUT2D eigenvalue weighted by Gasteiger charge is -2.28. The number of morpholine rings is 1. The van der Waals surface area contributed by atoms with Gasteiger partial charge in [-0.15, -0.1) is 0 Å². The van der Waals surface area contributed by atoms with Crippen LogP contribution in [0, 0.1) is 0 Å². The Bertz CT molecular complexity index is 422. The van der Waals surface area contributed by atoms with Crippen LogP contribution in [0.25, 0.3) is 0 Å². The van der Waals surface area contributed by atoms with Crippen molar-refractivity contribution in [3.05, 3.63) is 23.5 Å². The molecule has 1 fully saturated rings. The molecule has 2 heterocycles. The molecule has 1 aliphatic rings. The van der Waals surface area contributed by atoms with E-state index < -0.39 is 0 Å². The topological polar surface area (TPSA) is 55.7 Å². The smallest absolute Gasteiger partial charge is 0.282 e. The van der Waals surface area contributed by atoms with Gasteiger partial charge in [0.25, 0.3) is 5.91 Å². The fourth-order valence-electron chi connectivity index (χ4n) is 1.97. The van der Waals surface area contributed by atoms with Crippen LogP contribution in [0.3, 0.4) is 0 Å². The van der Waals surface area contributed by atoms with E-state index in [4.69, 9.17) is 16.3 Å². The first kappa shape index (κ1) is 13.3. The van der Waals surface area contributed by atoms with Crippen LogP contribution in [-0.4, -0.2) is 43.2 Å². The Morgan fingerprint density at radius 1 is 1.56 bits per heavy atom. The average molecular weight is 271 g/mol. The fourth-order valence-corrected chi connectivity index (χ4v) is 2.14. The summed E-state index contributed by atoms with van der Waals surface area (Å²) in [4.78, 5) is 17.3. The maximum atomic E-state index is 12.1. The second kappa shape index (κ2) is 6.13. The van der Waals surface area contributed by atoms with Crippen LogP contribution in [0.15, 0.2) is 18.3 Å². The van der Waals surface area contributed by atoms with Crippen molar-refractivity contribution in [1.29, 1.82) is 0 Å². The third kappa shape index (κ3) is 3.19. The Balaban J connectivity index is 1.97. The molecule has 18 heavy (non-hydrogen) atoms. The zero-order valence-corrected chi connectivity index (χ0v) is 11.0. The summed E-state index contributed by atoms with van der Waals surface area (Å²) < 4.78 is 5.28. The molecule has 6 heteroatoms. The van der Waals surface area contributed by atoms with Gasteiger partial charge in [0, 0.05) is 6.20 Å². The van der Waals surface area contributed by atoms with Crippen molar-refractivity contribution < 1.29 is 14.4 Å². The van der Waals surface area contributed by atoms with Crippen molar-refractivity contribution in [3.8, 4) is 0 Å². The van der Waals surface area contributed by atoms with Crippen LogP contribution in [0.4, 0.5) is 5.69 Å². The van der Waals surface area contributed by atoms with Crippen molar-refractivity contribution in [2.75, 3.05) is 31.6 Å². The van der Waals surface area contributed by atoms with Gasteiger partial charge in [-0.1, -0.05) is 11.6 Å². The molecule has 0 saturated carbocycles. The summed E-state index contributed by atoms with van der Waals surface area (Å²) in [7, 11) is 0. The number of aromatic nitrogens is 1. The molecule has 0 radical (unpaired) electrons. The van der Waals surface area contributed by atoms with Crippen LogP contribution in [0.1, 0.15) is 6.92 Å². The highest BCUT2D eigenvalue weighted by atomic mass is 35.5. The number of halogens is 1. The number of hydrogen-bond acceptors (Lipinski definition) is 3. The number of pyridine rings is 1. The molecule has 0 aromatic carbocycles. The fraction of sp³-hybridized carbons (Fsp3) is 0.500. The molecule has 2 N–H and O–H groups in total. The van der Waals surface area contributed by atoms with Crippen LogP contribution in [-0.2, 0) is 9.53 Å². The number of hydrogen-bond donors (Lipinski definition) is 2.